The lowest BCUT2D eigenvalue weighted by Gasteiger charge is -2.20. The number of benzene rings is 3. The molecule has 1 aliphatic rings. The molecule has 33 heavy (non-hydrogen) atoms. The van der Waals surface area contributed by atoms with Gasteiger partial charge in [0.1, 0.15) is 18.8 Å². The first kappa shape index (κ1) is 22.6. The molecule has 4 rings (SSSR count). The zero-order valence-corrected chi connectivity index (χ0v) is 18.5. The van der Waals surface area contributed by atoms with Crippen molar-refractivity contribution in [3.8, 4) is 22.6 Å². The summed E-state index contributed by atoms with van der Waals surface area (Å²) in [6.07, 6.45) is -3.11. The molecule has 3 aromatic carbocycles. The molecule has 0 saturated heterocycles. The summed E-state index contributed by atoms with van der Waals surface area (Å²) in [5, 5.41) is 23.4. The Morgan fingerprint density at radius 1 is 0.909 bits per heavy atom. The molecule has 0 radical (unpaired) electrons. The van der Waals surface area contributed by atoms with Gasteiger partial charge in [0.05, 0.1) is 14.2 Å². The fourth-order valence-corrected chi connectivity index (χ4v) is 4.21. The summed E-state index contributed by atoms with van der Waals surface area (Å²) in [5.74, 6) is 0.899. The van der Waals surface area contributed by atoms with Gasteiger partial charge in [-0.15, -0.1) is 0 Å². The summed E-state index contributed by atoms with van der Waals surface area (Å²) in [7, 11) is 3.00. The highest BCUT2D eigenvalue weighted by atomic mass is 16.5. The molecule has 0 aromatic heterocycles. The smallest absolute Gasteiger partial charge is 0.407 e. The summed E-state index contributed by atoms with van der Waals surface area (Å²) in [6, 6.07) is 21.0. The van der Waals surface area contributed by atoms with Gasteiger partial charge in [0.2, 0.25) is 0 Å². The minimum atomic E-state index is -1.23. The third kappa shape index (κ3) is 4.65. The average molecular weight is 450 g/mol. The maximum absolute atomic E-state index is 12.3. The molecular weight excluding hydrogens is 422 g/mol. The van der Waals surface area contributed by atoms with Crippen molar-refractivity contribution in [1.82, 2.24) is 5.32 Å². The van der Waals surface area contributed by atoms with E-state index in [0.717, 1.165) is 22.3 Å². The van der Waals surface area contributed by atoms with Crippen molar-refractivity contribution in [1.29, 1.82) is 0 Å². The molecule has 0 saturated carbocycles. The van der Waals surface area contributed by atoms with Gasteiger partial charge in [0, 0.05) is 12.5 Å². The van der Waals surface area contributed by atoms with Gasteiger partial charge in [0.25, 0.3) is 0 Å². The fraction of sp³-hybridized carbons (Fsp3) is 0.269. The molecule has 1 amide bonds. The Morgan fingerprint density at radius 3 is 2.12 bits per heavy atom. The highest BCUT2D eigenvalue weighted by Gasteiger charge is 2.29. The highest BCUT2D eigenvalue weighted by Crippen LogP contribution is 2.44. The van der Waals surface area contributed by atoms with Crippen molar-refractivity contribution >= 4 is 6.09 Å². The quantitative estimate of drug-likeness (QED) is 0.486. The van der Waals surface area contributed by atoms with Gasteiger partial charge in [0.15, 0.2) is 11.5 Å². The lowest BCUT2D eigenvalue weighted by Crippen LogP contribution is -2.36. The Morgan fingerprint density at radius 2 is 1.52 bits per heavy atom. The third-order valence-corrected chi connectivity index (χ3v) is 5.91. The minimum Gasteiger partial charge on any atom is -0.493 e. The Bertz CT molecular complexity index is 1090. The molecule has 0 aliphatic heterocycles. The Balaban J connectivity index is 1.34. The zero-order chi connectivity index (χ0) is 23.4. The molecule has 172 valence electrons. The number of ether oxygens (including phenoxy) is 3. The van der Waals surface area contributed by atoms with Crippen LogP contribution in [0.15, 0.2) is 66.7 Å². The molecule has 2 atom stereocenters. The molecule has 1 aliphatic carbocycles. The molecule has 2 unspecified atom stereocenters. The summed E-state index contributed by atoms with van der Waals surface area (Å²) < 4.78 is 15.9. The maximum atomic E-state index is 12.3. The Labute approximate surface area is 192 Å². The van der Waals surface area contributed by atoms with Crippen LogP contribution >= 0.6 is 0 Å². The van der Waals surface area contributed by atoms with Crippen LogP contribution < -0.4 is 14.8 Å². The second-order valence-electron chi connectivity index (χ2n) is 7.83. The predicted octanol–water partition coefficient (Wildman–Crippen LogP) is 3.64. The van der Waals surface area contributed by atoms with Gasteiger partial charge in [-0.25, -0.2) is 4.79 Å². The van der Waals surface area contributed by atoms with Crippen LogP contribution in [-0.4, -0.2) is 49.8 Å². The number of alkyl carbamates (subject to hydrolysis) is 1. The van der Waals surface area contributed by atoms with Gasteiger partial charge in [-0.2, -0.15) is 0 Å². The van der Waals surface area contributed by atoms with Crippen LogP contribution in [0.25, 0.3) is 11.1 Å². The fourth-order valence-electron chi connectivity index (χ4n) is 4.21. The SMILES string of the molecule is COc1ccc(C(O)C(O)CNC(=O)OCC2c3ccccc3-c3ccccc32)cc1OC. The van der Waals surface area contributed by atoms with E-state index in [1.807, 2.05) is 36.4 Å². The number of hydrogen-bond donors (Lipinski definition) is 3. The number of methoxy groups -OCH3 is 2. The van der Waals surface area contributed by atoms with Crippen molar-refractivity contribution in [3.63, 3.8) is 0 Å². The van der Waals surface area contributed by atoms with Crippen LogP contribution in [0.2, 0.25) is 0 Å². The third-order valence-electron chi connectivity index (χ3n) is 5.91. The van der Waals surface area contributed by atoms with E-state index in [0.29, 0.717) is 17.1 Å². The number of aliphatic hydroxyl groups excluding tert-OH is 2. The molecule has 7 nitrogen and oxygen atoms in total. The van der Waals surface area contributed by atoms with Crippen molar-refractivity contribution in [2.24, 2.45) is 0 Å². The van der Waals surface area contributed by atoms with E-state index in [4.69, 9.17) is 14.2 Å². The first-order valence-electron chi connectivity index (χ1n) is 10.7. The van der Waals surface area contributed by atoms with E-state index >= 15 is 0 Å². The second-order valence-corrected chi connectivity index (χ2v) is 7.83. The van der Waals surface area contributed by atoms with Gasteiger partial charge >= 0.3 is 6.09 Å². The summed E-state index contributed by atoms with van der Waals surface area (Å²) in [4.78, 5) is 12.3. The van der Waals surface area contributed by atoms with Gasteiger partial charge in [-0.1, -0.05) is 54.6 Å². The first-order chi connectivity index (χ1) is 16.0. The van der Waals surface area contributed by atoms with E-state index < -0.39 is 18.3 Å². The van der Waals surface area contributed by atoms with Crippen LogP contribution in [0.1, 0.15) is 28.7 Å². The van der Waals surface area contributed by atoms with Gasteiger partial charge in [-0.05, 0) is 39.9 Å². The number of hydrogen-bond acceptors (Lipinski definition) is 6. The van der Waals surface area contributed by atoms with Crippen LogP contribution in [-0.2, 0) is 4.74 Å². The van der Waals surface area contributed by atoms with Crippen LogP contribution in [0.4, 0.5) is 4.79 Å². The number of nitrogens with one attached hydrogen (secondary N) is 1. The van der Waals surface area contributed by atoms with Crippen LogP contribution in [0.3, 0.4) is 0 Å². The van der Waals surface area contributed by atoms with Crippen molar-refractivity contribution in [2.75, 3.05) is 27.4 Å². The van der Waals surface area contributed by atoms with Crippen LogP contribution in [0, 0.1) is 0 Å². The van der Waals surface area contributed by atoms with Crippen molar-refractivity contribution in [2.45, 2.75) is 18.1 Å². The average Bonchev–Trinajstić information content (AvgIpc) is 3.18. The Hall–Kier alpha value is -3.55. The van der Waals surface area contributed by atoms with E-state index in [1.54, 1.807) is 18.2 Å². The monoisotopic (exact) mass is 449 g/mol. The largest absolute Gasteiger partial charge is 0.493 e. The molecule has 3 N–H and O–H groups in total. The predicted molar refractivity (Wildman–Crippen MR) is 124 cm³/mol. The number of fused-ring (bicyclic) bond motifs is 3. The van der Waals surface area contributed by atoms with Crippen molar-refractivity contribution < 1.29 is 29.2 Å². The number of rotatable bonds is 8. The summed E-state index contributed by atoms with van der Waals surface area (Å²) >= 11 is 0. The number of aliphatic hydroxyl groups is 2. The molecule has 0 bridgehead atoms. The Kier molecular flexibility index (Phi) is 6.82. The lowest BCUT2D eigenvalue weighted by atomic mass is 9.98. The molecule has 7 heteroatoms. The minimum absolute atomic E-state index is 0.0505. The van der Waals surface area contributed by atoms with E-state index in [2.05, 4.69) is 17.4 Å². The molecular formula is C26H27NO6. The van der Waals surface area contributed by atoms with Crippen molar-refractivity contribution in [3.05, 3.63) is 83.4 Å². The van der Waals surface area contributed by atoms with E-state index in [-0.39, 0.29) is 19.1 Å². The van der Waals surface area contributed by atoms with E-state index in [9.17, 15) is 15.0 Å². The first-order valence-corrected chi connectivity index (χ1v) is 10.7. The number of carbonyl (C=O) groups is 1. The summed E-state index contributed by atoms with van der Waals surface area (Å²) in [6.45, 7) is 0.000370. The summed E-state index contributed by atoms with van der Waals surface area (Å²) in [5.41, 5.74) is 4.98. The molecule has 3 aromatic rings. The molecule has 0 heterocycles. The highest BCUT2D eigenvalue weighted by molar-refractivity contribution is 5.79. The molecule has 0 spiro atoms. The standard InChI is InChI=1S/C26H27NO6/c1-31-23-12-11-16(13-24(23)32-2)25(29)22(28)14-27-26(30)33-15-21-19-9-5-3-7-17(19)18-8-4-6-10-20(18)21/h3-13,21-22,25,28-29H,14-15H2,1-2H3,(H,27,30). The number of carbonyl (C=O) groups excluding carboxylic acids is 1. The molecule has 0 fully saturated rings. The normalized spacial score (nSPS) is 14.1. The van der Waals surface area contributed by atoms with Crippen LogP contribution in [0.5, 0.6) is 11.5 Å². The second kappa shape index (κ2) is 9.94. The van der Waals surface area contributed by atoms with Gasteiger partial charge in [-0.3, -0.25) is 0 Å². The zero-order valence-electron chi connectivity index (χ0n) is 18.5. The topological polar surface area (TPSA) is 97.2 Å². The van der Waals surface area contributed by atoms with E-state index in [1.165, 1.54) is 14.2 Å². The number of amides is 1. The maximum Gasteiger partial charge on any atom is 0.407 e. The van der Waals surface area contributed by atoms with Gasteiger partial charge < -0.3 is 29.7 Å². The lowest BCUT2D eigenvalue weighted by molar-refractivity contribution is 0.0184.